The van der Waals surface area contributed by atoms with Crippen LogP contribution in [0, 0.1) is 6.92 Å². The van der Waals surface area contributed by atoms with E-state index in [2.05, 4.69) is 15.5 Å². The Balaban J connectivity index is 1.65. The molecule has 1 amide bonds. The second-order valence-electron chi connectivity index (χ2n) is 5.08. The fraction of sp³-hybridized carbons (Fsp3) is 0.750. The Morgan fingerprint density at radius 3 is 3.16 bits per heavy atom. The Morgan fingerprint density at radius 1 is 1.58 bits per heavy atom. The molecule has 0 radical (unpaired) electrons. The van der Waals surface area contributed by atoms with Gasteiger partial charge in [0.1, 0.15) is 0 Å². The number of carbonyl (C=O) groups excluding carboxylic acids is 1. The van der Waals surface area contributed by atoms with Crippen molar-refractivity contribution in [2.24, 2.45) is 0 Å². The number of nitrogens with one attached hydrogen (secondary N) is 1. The number of likely N-dealkylation sites (tertiary alicyclic amines) is 1. The fourth-order valence-corrected chi connectivity index (χ4v) is 3.57. The van der Waals surface area contributed by atoms with Gasteiger partial charge < -0.3 is 9.42 Å². The topological polar surface area (TPSA) is 71.3 Å². The van der Waals surface area contributed by atoms with Gasteiger partial charge in [0.15, 0.2) is 5.82 Å². The van der Waals surface area contributed by atoms with Crippen LogP contribution in [0.3, 0.4) is 0 Å². The van der Waals surface area contributed by atoms with Crippen molar-refractivity contribution in [2.75, 3.05) is 24.7 Å². The molecule has 1 aromatic heterocycles. The van der Waals surface area contributed by atoms with E-state index in [1.807, 2.05) is 11.8 Å². The Hall–Kier alpha value is -1.08. The van der Waals surface area contributed by atoms with E-state index in [1.165, 1.54) is 0 Å². The van der Waals surface area contributed by atoms with E-state index in [0.717, 1.165) is 31.0 Å². The third-order valence-corrected chi connectivity index (χ3v) is 4.58. The van der Waals surface area contributed by atoms with Gasteiger partial charge in [-0.25, -0.2) is 0 Å². The summed E-state index contributed by atoms with van der Waals surface area (Å²) in [6.45, 7) is 3.35. The summed E-state index contributed by atoms with van der Waals surface area (Å²) >= 11 is 1.78. The van der Waals surface area contributed by atoms with E-state index in [1.54, 1.807) is 11.8 Å². The maximum Gasteiger partial charge on any atom is 0.240 e. The number of rotatable bonds is 2. The average Bonchev–Trinajstić information content (AvgIpc) is 3.09. The number of aryl methyl sites for hydroxylation is 1. The van der Waals surface area contributed by atoms with Crippen molar-refractivity contribution in [1.82, 2.24) is 20.4 Å². The Bertz CT molecular complexity index is 458. The molecular formula is C12H18N4O2S. The molecule has 0 aliphatic carbocycles. The van der Waals surface area contributed by atoms with Gasteiger partial charge in [0.05, 0.1) is 12.0 Å². The smallest absolute Gasteiger partial charge is 0.240 e. The van der Waals surface area contributed by atoms with E-state index in [4.69, 9.17) is 4.52 Å². The second-order valence-corrected chi connectivity index (χ2v) is 6.11. The second kappa shape index (κ2) is 5.50. The zero-order valence-electron chi connectivity index (χ0n) is 11.0. The highest BCUT2D eigenvalue weighted by atomic mass is 32.2. The van der Waals surface area contributed by atoms with Gasteiger partial charge in [0.25, 0.3) is 0 Å². The molecule has 3 heterocycles. The van der Waals surface area contributed by atoms with E-state index in [9.17, 15) is 4.79 Å². The van der Waals surface area contributed by atoms with Crippen molar-refractivity contribution in [3.05, 3.63) is 11.7 Å². The Labute approximate surface area is 116 Å². The zero-order valence-corrected chi connectivity index (χ0v) is 11.8. The molecule has 2 fully saturated rings. The van der Waals surface area contributed by atoms with Gasteiger partial charge in [-0.05, 0) is 19.8 Å². The lowest BCUT2D eigenvalue weighted by Gasteiger charge is -2.32. The zero-order chi connectivity index (χ0) is 13.2. The summed E-state index contributed by atoms with van der Waals surface area (Å²) in [5.41, 5.74) is 0. The highest BCUT2D eigenvalue weighted by molar-refractivity contribution is 7.99. The van der Waals surface area contributed by atoms with Crippen molar-refractivity contribution in [3.63, 3.8) is 0 Å². The first-order valence-corrected chi connectivity index (χ1v) is 7.79. The molecule has 3 rings (SSSR count). The molecule has 2 atom stereocenters. The minimum Gasteiger partial charge on any atom is -0.341 e. The summed E-state index contributed by atoms with van der Waals surface area (Å²) in [6, 6.07) is -0.0202. The summed E-state index contributed by atoms with van der Waals surface area (Å²) in [5.74, 6) is 3.48. The summed E-state index contributed by atoms with van der Waals surface area (Å²) in [4.78, 5) is 18.6. The minimum absolute atomic E-state index is 0.0202. The summed E-state index contributed by atoms with van der Waals surface area (Å²) < 4.78 is 5.24. The minimum atomic E-state index is -0.0202. The number of nitrogens with zero attached hydrogens (tertiary/aromatic N) is 3. The molecule has 6 nitrogen and oxygen atoms in total. The number of hydrogen-bond donors (Lipinski definition) is 1. The van der Waals surface area contributed by atoms with Crippen molar-refractivity contribution in [1.29, 1.82) is 0 Å². The number of carbonyl (C=O) groups is 1. The molecule has 1 N–H and O–H groups in total. The van der Waals surface area contributed by atoms with Crippen molar-refractivity contribution >= 4 is 17.7 Å². The fourth-order valence-electron chi connectivity index (χ4n) is 2.63. The van der Waals surface area contributed by atoms with Gasteiger partial charge >= 0.3 is 0 Å². The third-order valence-electron chi connectivity index (χ3n) is 3.64. The van der Waals surface area contributed by atoms with Crippen LogP contribution in [-0.2, 0) is 4.79 Å². The van der Waals surface area contributed by atoms with Gasteiger partial charge in [0, 0.05) is 24.7 Å². The van der Waals surface area contributed by atoms with E-state index < -0.39 is 0 Å². The number of aromatic nitrogens is 2. The maximum atomic E-state index is 12.4. The molecule has 0 saturated carbocycles. The van der Waals surface area contributed by atoms with Crippen LogP contribution in [0.25, 0.3) is 0 Å². The third kappa shape index (κ3) is 2.76. The lowest BCUT2D eigenvalue weighted by molar-refractivity contribution is -0.134. The van der Waals surface area contributed by atoms with Crippen LogP contribution < -0.4 is 5.32 Å². The van der Waals surface area contributed by atoms with Crippen LogP contribution in [0.2, 0.25) is 0 Å². The molecule has 0 spiro atoms. The molecule has 104 valence electrons. The van der Waals surface area contributed by atoms with Gasteiger partial charge in [-0.3, -0.25) is 10.1 Å². The molecule has 0 aromatic carbocycles. The molecule has 19 heavy (non-hydrogen) atoms. The Kier molecular flexibility index (Phi) is 3.74. The van der Waals surface area contributed by atoms with Gasteiger partial charge in [0.2, 0.25) is 11.8 Å². The first kappa shape index (κ1) is 12.9. The predicted octanol–water partition coefficient (Wildman–Crippen LogP) is 0.747. The molecule has 2 saturated heterocycles. The highest BCUT2D eigenvalue weighted by Crippen LogP contribution is 2.26. The number of piperidine rings is 1. The van der Waals surface area contributed by atoms with Crippen molar-refractivity contribution in [3.8, 4) is 0 Å². The highest BCUT2D eigenvalue weighted by Gasteiger charge is 2.32. The average molecular weight is 282 g/mol. The van der Waals surface area contributed by atoms with Gasteiger partial charge in [-0.15, -0.1) is 11.8 Å². The SMILES string of the molecule is Cc1noc(C2CCCN(C(=O)C3CSCN3)C2)n1. The van der Waals surface area contributed by atoms with Crippen LogP contribution in [0.4, 0.5) is 0 Å². The van der Waals surface area contributed by atoms with Crippen LogP contribution in [0.15, 0.2) is 4.52 Å². The quantitative estimate of drug-likeness (QED) is 0.863. The number of amides is 1. The largest absolute Gasteiger partial charge is 0.341 e. The van der Waals surface area contributed by atoms with Crippen molar-refractivity contribution in [2.45, 2.75) is 31.7 Å². The summed E-state index contributed by atoms with van der Waals surface area (Å²) in [6.07, 6.45) is 2.01. The molecule has 7 heteroatoms. The lowest BCUT2D eigenvalue weighted by Crippen LogP contribution is -2.48. The Morgan fingerprint density at radius 2 is 2.47 bits per heavy atom. The first-order chi connectivity index (χ1) is 9.24. The molecule has 2 aliphatic heterocycles. The maximum absolute atomic E-state index is 12.4. The van der Waals surface area contributed by atoms with E-state index in [-0.39, 0.29) is 17.9 Å². The summed E-state index contributed by atoms with van der Waals surface area (Å²) in [5, 5.41) is 7.07. The normalized spacial score (nSPS) is 27.7. The van der Waals surface area contributed by atoms with Crippen LogP contribution in [0.1, 0.15) is 30.5 Å². The van der Waals surface area contributed by atoms with Gasteiger partial charge in [-0.2, -0.15) is 4.98 Å². The molecule has 0 bridgehead atoms. The van der Waals surface area contributed by atoms with Gasteiger partial charge in [-0.1, -0.05) is 5.16 Å². The van der Waals surface area contributed by atoms with Crippen molar-refractivity contribution < 1.29 is 9.32 Å². The molecule has 2 aliphatic rings. The monoisotopic (exact) mass is 282 g/mol. The molecule has 2 unspecified atom stereocenters. The molecular weight excluding hydrogens is 264 g/mol. The summed E-state index contributed by atoms with van der Waals surface area (Å²) in [7, 11) is 0. The predicted molar refractivity (Wildman–Crippen MR) is 71.8 cm³/mol. The number of thioether (sulfide) groups is 1. The van der Waals surface area contributed by atoms with Crippen LogP contribution >= 0.6 is 11.8 Å². The van der Waals surface area contributed by atoms with E-state index >= 15 is 0 Å². The molecule has 1 aromatic rings. The first-order valence-electron chi connectivity index (χ1n) is 6.64. The van der Waals surface area contributed by atoms with E-state index in [0.29, 0.717) is 18.3 Å². The van der Waals surface area contributed by atoms with Crippen LogP contribution in [-0.4, -0.2) is 51.7 Å². The lowest BCUT2D eigenvalue weighted by atomic mass is 9.97. The number of hydrogen-bond acceptors (Lipinski definition) is 6. The van der Waals surface area contributed by atoms with Crippen LogP contribution in [0.5, 0.6) is 0 Å². The standard InChI is InChI=1S/C12H18N4O2S/c1-8-14-11(18-15-8)9-3-2-4-16(5-9)12(17)10-6-19-7-13-10/h9-10,13H,2-7H2,1H3.